The van der Waals surface area contributed by atoms with E-state index in [1.54, 1.807) is 17.7 Å². The zero-order chi connectivity index (χ0) is 21.0. The zero-order valence-corrected chi connectivity index (χ0v) is 18.0. The van der Waals surface area contributed by atoms with Crippen molar-refractivity contribution < 1.29 is 4.74 Å². The van der Waals surface area contributed by atoms with Gasteiger partial charge in [-0.2, -0.15) is 0 Å². The Kier molecular flexibility index (Phi) is 5.52. The largest absolute Gasteiger partial charge is 0.489 e. The number of benzene rings is 3. The third-order valence-corrected chi connectivity index (χ3v) is 6.03. The molecule has 5 aromatic rings. The van der Waals surface area contributed by atoms with Crippen LogP contribution in [0.4, 0.5) is 11.5 Å². The summed E-state index contributed by atoms with van der Waals surface area (Å²) in [6.45, 7) is 0.541. The van der Waals surface area contributed by atoms with Gasteiger partial charge in [0.05, 0.1) is 5.39 Å². The summed E-state index contributed by atoms with van der Waals surface area (Å²) in [6.07, 6.45) is 1.59. The van der Waals surface area contributed by atoms with Gasteiger partial charge in [0.15, 0.2) is 0 Å². The predicted molar refractivity (Wildman–Crippen MR) is 128 cm³/mol. The zero-order valence-electron chi connectivity index (χ0n) is 16.5. The number of thiophene rings is 1. The fourth-order valence-electron chi connectivity index (χ4n) is 3.32. The summed E-state index contributed by atoms with van der Waals surface area (Å²) < 4.78 is 5.88. The van der Waals surface area contributed by atoms with Gasteiger partial charge in [0.25, 0.3) is 0 Å². The number of anilines is 2. The molecule has 0 amide bonds. The fraction of sp³-hybridized carbons (Fsp3) is 0.0400. The lowest BCUT2D eigenvalue weighted by molar-refractivity contribution is 0.306. The molecule has 31 heavy (non-hydrogen) atoms. The molecule has 0 saturated carbocycles. The Morgan fingerprint density at radius 2 is 1.65 bits per heavy atom. The maximum Gasteiger partial charge on any atom is 0.143 e. The van der Waals surface area contributed by atoms with Gasteiger partial charge in [0.1, 0.15) is 29.3 Å². The smallest absolute Gasteiger partial charge is 0.143 e. The van der Waals surface area contributed by atoms with Crippen molar-refractivity contribution in [3.8, 4) is 16.9 Å². The molecule has 1 N–H and O–H groups in total. The van der Waals surface area contributed by atoms with E-state index in [9.17, 15) is 0 Å². The third kappa shape index (κ3) is 4.38. The van der Waals surface area contributed by atoms with E-state index >= 15 is 0 Å². The van der Waals surface area contributed by atoms with Crippen LogP contribution in [0.2, 0.25) is 5.02 Å². The molecule has 0 aliphatic heterocycles. The Balaban J connectivity index is 1.38. The Morgan fingerprint density at radius 3 is 2.42 bits per heavy atom. The summed E-state index contributed by atoms with van der Waals surface area (Å²) in [4.78, 5) is 9.87. The van der Waals surface area contributed by atoms with Crippen LogP contribution in [-0.2, 0) is 6.61 Å². The van der Waals surface area contributed by atoms with E-state index in [2.05, 4.69) is 32.8 Å². The van der Waals surface area contributed by atoms with Crippen LogP contribution in [-0.4, -0.2) is 9.97 Å². The molecular formula is C25H18ClN3OS. The predicted octanol–water partition coefficient (Wildman–Crippen LogP) is 7.33. The molecule has 0 unspecified atom stereocenters. The van der Waals surface area contributed by atoms with Gasteiger partial charge in [0, 0.05) is 21.7 Å². The second-order valence-corrected chi connectivity index (χ2v) is 8.28. The van der Waals surface area contributed by atoms with Crippen molar-refractivity contribution in [3.63, 3.8) is 0 Å². The van der Waals surface area contributed by atoms with Crippen molar-refractivity contribution in [1.82, 2.24) is 9.97 Å². The topological polar surface area (TPSA) is 47.0 Å². The highest BCUT2D eigenvalue weighted by Gasteiger charge is 2.13. The van der Waals surface area contributed by atoms with Crippen LogP contribution in [0.15, 0.2) is 90.6 Å². The van der Waals surface area contributed by atoms with Crippen molar-refractivity contribution in [1.29, 1.82) is 0 Å². The van der Waals surface area contributed by atoms with Crippen LogP contribution in [0.1, 0.15) is 5.56 Å². The molecule has 0 atom stereocenters. The Morgan fingerprint density at radius 1 is 0.871 bits per heavy atom. The number of nitrogens with zero attached hydrogens (tertiary/aromatic N) is 2. The number of rotatable bonds is 6. The first-order chi connectivity index (χ1) is 15.3. The van der Waals surface area contributed by atoms with E-state index in [0.29, 0.717) is 11.6 Å². The number of aromatic nitrogens is 2. The summed E-state index contributed by atoms with van der Waals surface area (Å²) in [5.41, 5.74) is 4.24. The summed E-state index contributed by atoms with van der Waals surface area (Å²) in [5, 5.41) is 7.25. The molecule has 3 aromatic carbocycles. The van der Waals surface area contributed by atoms with Gasteiger partial charge in [-0.3, -0.25) is 0 Å². The monoisotopic (exact) mass is 443 g/mol. The first-order valence-corrected chi connectivity index (χ1v) is 11.0. The number of nitrogens with one attached hydrogen (secondary N) is 1. The average Bonchev–Trinajstić information content (AvgIpc) is 3.25. The number of hydrogen-bond donors (Lipinski definition) is 1. The molecule has 5 rings (SSSR count). The van der Waals surface area contributed by atoms with Gasteiger partial charge in [-0.1, -0.05) is 54.1 Å². The molecule has 0 fully saturated rings. The van der Waals surface area contributed by atoms with Gasteiger partial charge in [-0.15, -0.1) is 11.3 Å². The van der Waals surface area contributed by atoms with Gasteiger partial charge in [0.2, 0.25) is 0 Å². The number of halogens is 1. The molecule has 6 heteroatoms. The van der Waals surface area contributed by atoms with Crippen LogP contribution in [0, 0.1) is 0 Å². The molecule has 2 heterocycles. The molecule has 2 aromatic heterocycles. The lowest BCUT2D eigenvalue weighted by Crippen LogP contribution is -1.97. The van der Waals surface area contributed by atoms with E-state index < -0.39 is 0 Å². The molecule has 0 spiro atoms. The Labute approximate surface area is 189 Å². The van der Waals surface area contributed by atoms with E-state index in [1.165, 1.54) is 0 Å². The quantitative estimate of drug-likeness (QED) is 0.298. The molecule has 4 nitrogen and oxygen atoms in total. The highest BCUT2D eigenvalue weighted by molar-refractivity contribution is 7.17. The fourth-order valence-corrected chi connectivity index (χ4v) is 4.37. The molecular weight excluding hydrogens is 426 g/mol. The van der Waals surface area contributed by atoms with Gasteiger partial charge < -0.3 is 10.1 Å². The van der Waals surface area contributed by atoms with Crippen molar-refractivity contribution in [2.24, 2.45) is 0 Å². The van der Waals surface area contributed by atoms with Gasteiger partial charge >= 0.3 is 0 Å². The van der Waals surface area contributed by atoms with E-state index in [0.717, 1.165) is 44.2 Å². The van der Waals surface area contributed by atoms with Crippen molar-refractivity contribution >= 4 is 44.7 Å². The van der Waals surface area contributed by atoms with Crippen LogP contribution < -0.4 is 10.1 Å². The Bertz CT molecular complexity index is 1300. The second-order valence-electron chi connectivity index (χ2n) is 6.98. The van der Waals surface area contributed by atoms with E-state index in [-0.39, 0.29) is 0 Å². The maximum absolute atomic E-state index is 6.06. The van der Waals surface area contributed by atoms with E-state index in [4.69, 9.17) is 16.3 Å². The van der Waals surface area contributed by atoms with Gasteiger partial charge in [-0.05, 0) is 47.5 Å². The molecule has 0 aliphatic carbocycles. The molecule has 152 valence electrons. The lowest BCUT2D eigenvalue weighted by Gasteiger charge is -2.10. The second kappa shape index (κ2) is 8.76. The summed E-state index contributed by atoms with van der Waals surface area (Å²) >= 11 is 7.66. The van der Waals surface area contributed by atoms with Gasteiger partial charge in [-0.25, -0.2) is 9.97 Å². The summed E-state index contributed by atoms with van der Waals surface area (Å²) in [7, 11) is 0. The standard InChI is InChI=1S/C25H18ClN3OS/c26-19-8-6-18(7-9-19)22-15-31-25-23(22)24(27-16-28-25)29-20-10-12-21(13-11-20)30-14-17-4-2-1-3-5-17/h1-13,15-16H,14H2,(H,27,28,29). The van der Waals surface area contributed by atoms with Crippen LogP contribution in [0.25, 0.3) is 21.3 Å². The number of hydrogen-bond acceptors (Lipinski definition) is 5. The normalized spacial score (nSPS) is 10.9. The first kappa shape index (κ1) is 19.5. The first-order valence-electron chi connectivity index (χ1n) is 9.78. The molecule has 0 radical (unpaired) electrons. The summed E-state index contributed by atoms with van der Waals surface area (Å²) in [5.74, 6) is 1.59. The van der Waals surface area contributed by atoms with Crippen molar-refractivity contribution in [2.45, 2.75) is 6.61 Å². The maximum atomic E-state index is 6.06. The average molecular weight is 444 g/mol. The highest BCUT2D eigenvalue weighted by atomic mass is 35.5. The third-order valence-electron chi connectivity index (χ3n) is 4.89. The Hall–Kier alpha value is -3.41. The highest BCUT2D eigenvalue weighted by Crippen LogP contribution is 2.37. The minimum Gasteiger partial charge on any atom is -0.489 e. The summed E-state index contributed by atoms with van der Waals surface area (Å²) in [6, 6.07) is 25.8. The number of fused-ring (bicyclic) bond motifs is 1. The van der Waals surface area contributed by atoms with Crippen molar-refractivity contribution in [2.75, 3.05) is 5.32 Å². The molecule has 0 bridgehead atoms. The minimum absolute atomic E-state index is 0.541. The molecule has 0 saturated heterocycles. The van der Waals surface area contributed by atoms with Crippen LogP contribution >= 0.6 is 22.9 Å². The molecule has 0 aliphatic rings. The van der Waals surface area contributed by atoms with Crippen LogP contribution in [0.3, 0.4) is 0 Å². The lowest BCUT2D eigenvalue weighted by atomic mass is 10.1. The number of ether oxygens (including phenoxy) is 1. The van der Waals surface area contributed by atoms with Crippen molar-refractivity contribution in [3.05, 3.63) is 101 Å². The minimum atomic E-state index is 0.541. The van der Waals surface area contributed by atoms with E-state index in [1.807, 2.05) is 66.7 Å². The SMILES string of the molecule is Clc1ccc(-c2csc3ncnc(Nc4ccc(OCc5ccccc5)cc4)c23)cc1. The van der Waals surface area contributed by atoms with Crippen LogP contribution in [0.5, 0.6) is 5.75 Å².